The predicted molar refractivity (Wildman–Crippen MR) is 87.8 cm³/mol. The second-order valence-corrected chi connectivity index (χ2v) is 6.59. The van der Waals surface area contributed by atoms with E-state index in [9.17, 15) is 4.79 Å². The Morgan fingerprint density at radius 2 is 1.86 bits per heavy atom. The van der Waals surface area contributed by atoms with Gasteiger partial charge in [-0.2, -0.15) is 0 Å². The van der Waals surface area contributed by atoms with Gasteiger partial charge >= 0.3 is 6.03 Å². The fourth-order valence-corrected chi connectivity index (χ4v) is 3.44. The van der Waals surface area contributed by atoms with Gasteiger partial charge in [-0.15, -0.1) is 0 Å². The van der Waals surface area contributed by atoms with Crippen LogP contribution in [-0.4, -0.2) is 29.0 Å². The average Bonchev–Trinajstić information content (AvgIpc) is 3.42. The van der Waals surface area contributed by atoms with Gasteiger partial charge in [-0.05, 0) is 49.7 Å². The van der Waals surface area contributed by atoms with Crippen LogP contribution in [0.1, 0.15) is 25.7 Å². The Morgan fingerprint density at radius 3 is 2.55 bits per heavy atom. The van der Waals surface area contributed by atoms with E-state index in [2.05, 4.69) is 10.3 Å². The molecule has 0 unspecified atom stereocenters. The predicted octanol–water partition coefficient (Wildman–Crippen LogP) is 3.89. The third kappa shape index (κ3) is 2.54. The maximum absolute atomic E-state index is 12.6. The van der Waals surface area contributed by atoms with Crippen LogP contribution in [0.25, 0.3) is 10.9 Å². The zero-order valence-corrected chi connectivity index (χ0v) is 12.8. The smallest absolute Gasteiger partial charge is 0.321 e. The topological polar surface area (TPSA) is 45.2 Å². The largest absolute Gasteiger partial charge is 0.324 e. The van der Waals surface area contributed by atoms with Crippen LogP contribution in [0.3, 0.4) is 0 Å². The van der Waals surface area contributed by atoms with E-state index >= 15 is 0 Å². The highest BCUT2D eigenvalue weighted by Crippen LogP contribution is 2.46. The maximum Gasteiger partial charge on any atom is 0.321 e. The number of rotatable bonds is 4. The van der Waals surface area contributed by atoms with Crippen LogP contribution in [0.5, 0.6) is 0 Å². The molecule has 0 aliphatic heterocycles. The van der Waals surface area contributed by atoms with E-state index < -0.39 is 0 Å². The number of hydrogen-bond donors (Lipinski definition) is 1. The number of anilines is 1. The van der Waals surface area contributed by atoms with Gasteiger partial charge in [-0.3, -0.25) is 4.98 Å². The van der Waals surface area contributed by atoms with Crippen LogP contribution < -0.4 is 5.32 Å². The molecule has 4 heteroatoms. The molecule has 1 heterocycles. The number of carbonyl (C=O) groups is 1. The average molecular weight is 295 g/mol. The van der Waals surface area contributed by atoms with E-state index in [0.29, 0.717) is 17.9 Å². The van der Waals surface area contributed by atoms with Crippen molar-refractivity contribution in [2.45, 2.75) is 31.7 Å². The number of benzene rings is 1. The normalized spacial score (nSPS) is 17.7. The number of fused-ring (bicyclic) bond motifs is 1. The van der Waals surface area contributed by atoms with Crippen LogP contribution in [0.2, 0.25) is 0 Å². The number of urea groups is 1. The van der Waals surface area contributed by atoms with Gasteiger partial charge in [0.1, 0.15) is 0 Å². The molecule has 2 aromatic rings. The van der Waals surface area contributed by atoms with E-state index in [-0.39, 0.29) is 6.03 Å². The molecule has 2 aliphatic carbocycles. The van der Waals surface area contributed by atoms with Crippen LogP contribution >= 0.6 is 0 Å². The molecule has 1 aromatic heterocycles. The van der Waals surface area contributed by atoms with Crippen molar-refractivity contribution < 1.29 is 4.79 Å². The number of hydrogen-bond acceptors (Lipinski definition) is 2. The van der Waals surface area contributed by atoms with E-state index in [0.717, 1.165) is 16.6 Å². The van der Waals surface area contributed by atoms with Gasteiger partial charge in [0.2, 0.25) is 0 Å². The lowest BCUT2D eigenvalue weighted by molar-refractivity contribution is 0.187. The molecule has 2 aliphatic rings. The Morgan fingerprint density at radius 1 is 1.18 bits per heavy atom. The number of pyridine rings is 1. The monoisotopic (exact) mass is 295 g/mol. The summed E-state index contributed by atoms with van der Waals surface area (Å²) in [6.07, 6.45) is 6.85. The first-order valence-electron chi connectivity index (χ1n) is 8.11. The molecule has 0 spiro atoms. The first kappa shape index (κ1) is 13.6. The van der Waals surface area contributed by atoms with Gasteiger partial charge in [0.05, 0.1) is 11.2 Å². The zero-order chi connectivity index (χ0) is 15.1. The zero-order valence-electron chi connectivity index (χ0n) is 12.8. The summed E-state index contributed by atoms with van der Waals surface area (Å²) < 4.78 is 0. The minimum atomic E-state index is -0.0121. The highest BCUT2D eigenvalue weighted by molar-refractivity contribution is 5.99. The summed E-state index contributed by atoms with van der Waals surface area (Å²) in [6, 6.07) is 10.2. The third-order valence-electron chi connectivity index (χ3n) is 4.85. The Labute approximate surface area is 130 Å². The summed E-state index contributed by atoms with van der Waals surface area (Å²) in [7, 11) is 1.94. The molecule has 1 N–H and O–H groups in total. The quantitative estimate of drug-likeness (QED) is 0.930. The first-order chi connectivity index (χ1) is 10.7. The van der Waals surface area contributed by atoms with Gasteiger partial charge in [-0.25, -0.2) is 4.79 Å². The van der Waals surface area contributed by atoms with Crippen molar-refractivity contribution in [2.24, 2.45) is 11.8 Å². The number of nitrogens with one attached hydrogen (secondary N) is 1. The SMILES string of the molecule is CN(C(=O)Nc1cccc2cccnc12)C(C1CC1)C1CC1. The van der Waals surface area contributed by atoms with E-state index in [1.807, 2.05) is 42.3 Å². The molecule has 4 rings (SSSR count). The maximum atomic E-state index is 12.6. The Kier molecular flexibility index (Phi) is 3.25. The highest BCUT2D eigenvalue weighted by atomic mass is 16.2. The number of nitrogens with zero attached hydrogens (tertiary/aromatic N) is 2. The molecule has 4 nitrogen and oxygen atoms in total. The van der Waals surface area contributed by atoms with Crippen molar-refractivity contribution >= 4 is 22.6 Å². The number of para-hydroxylation sites is 1. The summed E-state index contributed by atoms with van der Waals surface area (Å²) in [4.78, 5) is 19.0. The lowest BCUT2D eigenvalue weighted by Crippen LogP contribution is -2.42. The van der Waals surface area contributed by atoms with Crippen molar-refractivity contribution in [3.8, 4) is 0 Å². The Hall–Kier alpha value is -2.10. The Bertz CT molecular complexity index is 689. The standard InChI is InChI=1S/C18H21N3O/c1-21(17(13-7-8-13)14-9-10-14)18(22)20-15-6-2-4-12-5-3-11-19-16(12)15/h2-6,11,13-14,17H,7-10H2,1H3,(H,20,22). The summed E-state index contributed by atoms with van der Waals surface area (Å²) in [6.45, 7) is 0. The molecular formula is C18H21N3O. The van der Waals surface area contributed by atoms with Crippen molar-refractivity contribution in [2.75, 3.05) is 12.4 Å². The highest BCUT2D eigenvalue weighted by Gasteiger charge is 2.45. The minimum absolute atomic E-state index is 0.0121. The molecule has 2 fully saturated rings. The van der Waals surface area contributed by atoms with Gasteiger partial charge in [0.25, 0.3) is 0 Å². The van der Waals surface area contributed by atoms with Crippen molar-refractivity contribution in [3.05, 3.63) is 36.5 Å². The minimum Gasteiger partial charge on any atom is -0.324 e. The molecule has 0 radical (unpaired) electrons. The molecule has 114 valence electrons. The van der Waals surface area contributed by atoms with Crippen LogP contribution in [0.4, 0.5) is 10.5 Å². The first-order valence-corrected chi connectivity index (χ1v) is 8.11. The summed E-state index contributed by atoms with van der Waals surface area (Å²) in [5, 5.41) is 4.10. The fourth-order valence-electron chi connectivity index (χ4n) is 3.44. The van der Waals surface area contributed by atoms with Crippen LogP contribution in [0, 0.1) is 11.8 Å². The van der Waals surface area contributed by atoms with E-state index in [1.54, 1.807) is 6.20 Å². The van der Waals surface area contributed by atoms with E-state index in [1.165, 1.54) is 25.7 Å². The lowest BCUT2D eigenvalue weighted by Gasteiger charge is -2.28. The third-order valence-corrected chi connectivity index (χ3v) is 4.85. The molecular weight excluding hydrogens is 274 g/mol. The molecule has 2 amide bonds. The van der Waals surface area contributed by atoms with Crippen molar-refractivity contribution in [3.63, 3.8) is 0 Å². The molecule has 2 saturated carbocycles. The summed E-state index contributed by atoms with van der Waals surface area (Å²) in [5.74, 6) is 1.43. The van der Waals surface area contributed by atoms with E-state index in [4.69, 9.17) is 0 Å². The van der Waals surface area contributed by atoms with Crippen molar-refractivity contribution in [1.29, 1.82) is 0 Å². The Balaban J connectivity index is 1.55. The van der Waals surface area contributed by atoms with Crippen LogP contribution in [-0.2, 0) is 0 Å². The second-order valence-electron chi connectivity index (χ2n) is 6.59. The fraction of sp³-hybridized carbons (Fsp3) is 0.444. The lowest BCUT2D eigenvalue weighted by atomic mass is 10.1. The molecule has 0 bridgehead atoms. The molecule has 0 saturated heterocycles. The molecule has 0 atom stereocenters. The molecule has 1 aromatic carbocycles. The molecule has 22 heavy (non-hydrogen) atoms. The van der Waals surface area contributed by atoms with Gasteiger partial charge in [-0.1, -0.05) is 18.2 Å². The van der Waals surface area contributed by atoms with Crippen LogP contribution in [0.15, 0.2) is 36.5 Å². The van der Waals surface area contributed by atoms with Gasteiger partial charge in [0.15, 0.2) is 0 Å². The number of amides is 2. The van der Waals surface area contributed by atoms with Gasteiger partial charge in [0, 0.05) is 24.7 Å². The number of carbonyl (C=O) groups excluding carboxylic acids is 1. The second kappa shape index (κ2) is 5.27. The van der Waals surface area contributed by atoms with Gasteiger partial charge < -0.3 is 10.2 Å². The number of aromatic nitrogens is 1. The summed E-state index contributed by atoms with van der Waals surface area (Å²) >= 11 is 0. The van der Waals surface area contributed by atoms with Crippen molar-refractivity contribution in [1.82, 2.24) is 9.88 Å². The summed E-state index contributed by atoms with van der Waals surface area (Å²) in [5.41, 5.74) is 1.64.